The van der Waals surface area contributed by atoms with Gasteiger partial charge in [0, 0.05) is 17.0 Å². The molecule has 6 nitrogen and oxygen atoms in total. The van der Waals surface area contributed by atoms with Gasteiger partial charge in [-0.3, -0.25) is 4.79 Å². The lowest BCUT2D eigenvalue weighted by atomic mass is 9.70. The summed E-state index contributed by atoms with van der Waals surface area (Å²) in [7, 11) is 4.08. The third-order valence-electron chi connectivity index (χ3n) is 7.20. The molecule has 184 valence electrons. The Kier molecular flexibility index (Phi) is 7.33. The number of carbonyl (C=O) groups excluding carboxylic acids is 2. The minimum atomic E-state index is -1.36. The van der Waals surface area contributed by atoms with Gasteiger partial charge in [-0.15, -0.1) is 0 Å². The van der Waals surface area contributed by atoms with E-state index >= 15 is 0 Å². The first-order valence-corrected chi connectivity index (χ1v) is 12.2. The zero-order chi connectivity index (χ0) is 25.1. The van der Waals surface area contributed by atoms with Crippen LogP contribution in [0.2, 0.25) is 5.02 Å². The quantitative estimate of drug-likeness (QED) is 0.444. The van der Waals surface area contributed by atoms with Gasteiger partial charge in [0.15, 0.2) is 5.60 Å². The molecule has 1 saturated carbocycles. The van der Waals surface area contributed by atoms with E-state index in [1.165, 1.54) is 0 Å². The van der Waals surface area contributed by atoms with Crippen LogP contribution in [-0.2, 0) is 22.4 Å². The molecule has 3 aromatic rings. The molecule has 7 heteroatoms. The highest BCUT2D eigenvalue weighted by Crippen LogP contribution is 2.42. The second-order valence-corrected chi connectivity index (χ2v) is 10.0. The van der Waals surface area contributed by atoms with E-state index in [4.69, 9.17) is 26.5 Å². The number of amides is 1. The van der Waals surface area contributed by atoms with Crippen LogP contribution < -0.4 is 5.73 Å². The number of primary amides is 1. The van der Waals surface area contributed by atoms with Gasteiger partial charge in [0.2, 0.25) is 5.76 Å². The normalized spacial score (nSPS) is 22.2. The van der Waals surface area contributed by atoms with Crippen LogP contribution in [0.5, 0.6) is 0 Å². The van der Waals surface area contributed by atoms with E-state index in [-0.39, 0.29) is 11.3 Å². The second-order valence-electron chi connectivity index (χ2n) is 9.60. The van der Waals surface area contributed by atoms with Crippen molar-refractivity contribution in [2.24, 2.45) is 5.73 Å². The number of likely N-dealkylation sites (N-methyl/N-ethyl adjacent to an activating group) is 1. The molecule has 1 aromatic heterocycles. The summed E-state index contributed by atoms with van der Waals surface area (Å²) in [4.78, 5) is 27.7. The van der Waals surface area contributed by atoms with E-state index in [1.807, 2.05) is 68.7 Å². The summed E-state index contributed by atoms with van der Waals surface area (Å²) in [6.45, 7) is 0. The van der Waals surface area contributed by atoms with Gasteiger partial charge in [-0.05, 0) is 81.6 Å². The average Bonchev–Trinajstić information content (AvgIpc) is 3.31. The molecule has 1 fully saturated rings. The highest BCUT2D eigenvalue weighted by atomic mass is 35.5. The van der Waals surface area contributed by atoms with Gasteiger partial charge in [-0.1, -0.05) is 54.1 Å². The van der Waals surface area contributed by atoms with Crippen molar-refractivity contribution < 1.29 is 18.7 Å². The van der Waals surface area contributed by atoms with Crippen molar-refractivity contribution in [3.63, 3.8) is 0 Å². The largest absolute Gasteiger partial charge is 0.454 e. The van der Waals surface area contributed by atoms with Crippen LogP contribution in [0.1, 0.15) is 53.1 Å². The molecule has 2 aromatic carbocycles. The van der Waals surface area contributed by atoms with E-state index in [9.17, 15) is 9.59 Å². The lowest BCUT2D eigenvalue weighted by Gasteiger charge is -2.48. The number of rotatable bonds is 8. The number of nitrogens with two attached hydrogens (primary N) is 1. The molecule has 0 bridgehead atoms. The molecule has 35 heavy (non-hydrogen) atoms. The number of esters is 1. The molecule has 4 rings (SSSR count). The summed E-state index contributed by atoms with van der Waals surface area (Å²) < 4.78 is 11.5. The summed E-state index contributed by atoms with van der Waals surface area (Å²) in [5, 5.41) is 0.695. The minimum Gasteiger partial charge on any atom is -0.454 e. The number of hydrogen-bond donors (Lipinski definition) is 1. The van der Waals surface area contributed by atoms with Crippen molar-refractivity contribution in [2.45, 2.75) is 49.7 Å². The van der Waals surface area contributed by atoms with Crippen molar-refractivity contribution in [2.75, 3.05) is 14.1 Å². The fourth-order valence-electron chi connectivity index (χ4n) is 4.89. The Morgan fingerprint density at radius 3 is 2.20 bits per heavy atom. The standard InChI is InChI=1S/C28H31ClN2O4/c1-31(2)27(19-21-8-10-22(29)11-9-21)14-16-28(17-15-27,26(30)33)35-25(32)24-13-12-23(34-24)18-20-6-4-3-5-7-20/h3-13H,14-19H2,1-2H3,(H2,30,33). The number of nitrogens with zero attached hydrogens (tertiary/aromatic N) is 1. The fraction of sp³-hybridized carbons (Fsp3) is 0.357. The molecule has 2 N–H and O–H groups in total. The Morgan fingerprint density at radius 2 is 1.60 bits per heavy atom. The van der Waals surface area contributed by atoms with Crippen molar-refractivity contribution >= 4 is 23.5 Å². The van der Waals surface area contributed by atoms with Gasteiger partial charge in [0.25, 0.3) is 5.91 Å². The summed E-state index contributed by atoms with van der Waals surface area (Å²) in [5.74, 6) is -0.574. The van der Waals surface area contributed by atoms with Crippen molar-refractivity contribution in [3.8, 4) is 0 Å². The van der Waals surface area contributed by atoms with Crippen molar-refractivity contribution in [1.82, 2.24) is 4.90 Å². The maximum absolute atomic E-state index is 13.0. The molecule has 0 spiro atoms. The smallest absolute Gasteiger partial charge is 0.375 e. The van der Waals surface area contributed by atoms with E-state index in [2.05, 4.69) is 4.90 Å². The monoisotopic (exact) mass is 494 g/mol. The van der Waals surface area contributed by atoms with Crippen LogP contribution in [-0.4, -0.2) is 42.0 Å². The summed E-state index contributed by atoms with van der Waals surface area (Å²) in [6.07, 6.45) is 3.34. The molecule has 1 amide bonds. The molecular weight excluding hydrogens is 464 g/mol. The van der Waals surface area contributed by atoms with Crippen LogP contribution in [0.3, 0.4) is 0 Å². The first kappa shape index (κ1) is 25.0. The average molecular weight is 495 g/mol. The van der Waals surface area contributed by atoms with E-state index in [0.29, 0.717) is 42.9 Å². The van der Waals surface area contributed by atoms with Crippen LogP contribution in [0, 0.1) is 0 Å². The van der Waals surface area contributed by atoms with Gasteiger partial charge in [0.05, 0.1) is 0 Å². The van der Waals surface area contributed by atoms with Crippen LogP contribution in [0.4, 0.5) is 0 Å². The molecular formula is C28H31ClN2O4. The Balaban J connectivity index is 1.46. The second kappa shape index (κ2) is 10.3. The van der Waals surface area contributed by atoms with E-state index in [0.717, 1.165) is 17.5 Å². The SMILES string of the molecule is CN(C)C1(Cc2ccc(Cl)cc2)CCC(OC(=O)c2ccc(Cc3ccccc3)o2)(C(N)=O)CC1. The predicted octanol–water partition coefficient (Wildman–Crippen LogP) is 5.02. The lowest BCUT2D eigenvalue weighted by molar-refractivity contribution is -0.144. The van der Waals surface area contributed by atoms with Crippen LogP contribution in [0.15, 0.2) is 71.1 Å². The molecule has 1 aliphatic carbocycles. The molecule has 0 atom stereocenters. The first-order valence-electron chi connectivity index (χ1n) is 11.8. The Bertz CT molecular complexity index is 1160. The minimum absolute atomic E-state index is 0.0715. The van der Waals surface area contributed by atoms with Gasteiger partial charge >= 0.3 is 5.97 Å². The number of halogens is 1. The molecule has 1 aliphatic rings. The highest BCUT2D eigenvalue weighted by Gasteiger charge is 2.50. The molecule has 0 aliphatic heterocycles. The fourth-order valence-corrected chi connectivity index (χ4v) is 5.02. The van der Waals surface area contributed by atoms with E-state index in [1.54, 1.807) is 12.1 Å². The molecule has 1 heterocycles. The van der Waals surface area contributed by atoms with Gasteiger partial charge in [-0.25, -0.2) is 4.79 Å². The Hall–Kier alpha value is -3.09. The first-order chi connectivity index (χ1) is 16.7. The summed E-state index contributed by atoms with van der Waals surface area (Å²) in [6, 6.07) is 21.0. The van der Waals surface area contributed by atoms with Gasteiger partial charge < -0.3 is 19.8 Å². The predicted molar refractivity (Wildman–Crippen MR) is 135 cm³/mol. The van der Waals surface area contributed by atoms with Gasteiger partial charge in [0.1, 0.15) is 5.76 Å². The zero-order valence-electron chi connectivity index (χ0n) is 20.1. The Morgan fingerprint density at radius 1 is 0.943 bits per heavy atom. The van der Waals surface area contributed by atoms with Crippen LogP contribution >= 0.6 is 11.6 Å². The number of benzene rings is 2. The highest BCUT2D eigenvalue weighted by molar-refractivity contribution is 6.30. The molecule has 0 unspecified atom stereocenters. The number of hydrogen-bond acceptors (Lipinski definition) is 5. The van der Waals surface area contributed by atoms with Crippen molar-refractivity contribution in [3.05, 3.63) is 94.4 Å². The van der Waals surface area contributed by atoms with Crippen molar-refractivity contribution in [1.29, 1.82) is 0 Å². The summed E-state index contributed by atoms with van der Waals surface area (Å²) >= 11 is 6.05. The zero-order valence-corrected chi connectivity index (χ0v) is 20.9. The lowest BCUT2D eigenvalue weighted by Crippen LogP contribution is -2.57. The number of ether oxygens (including phenoxy) is 1. The van der Waals surface area contributed by atoms with E-state index < -0.39 is 17.5 Å². The topological polar surface area (TPSA) is 85.8 Å². The Labute approximate surface area is 211 Å². The summed E-state index contributed by atoms with van der Waals surface area (Å²) in [5.41, 5.74) is 6.48. The molecule has 0 radical (unpaired) electrons. The molecule has 0 saturated heterocycles. The third-order valence-corrected chi connectivity index (χ3v) is 7.46. The van der Waals surface area contributed by atoms with Crippen LogP contribution in [0.25, 0.3) is 0 Å². The third kappa shape index (κ3) is 5.60. The number of carbonyl (C=O) groups is 2. The maximum Gasteiger partial charge on any atom is 0.375 e. The maximum atomic E-state index is 13.0. The number of furan rings is 1. The van der Waals surface area contributed by atoms with Gasteiger partial charge in [-0.2, -0.15) is 0 Å².